The molecule has 0 saturated heterocycles. The molecule has 1 aromatic rings. The minimum atomic E-state index is -0.552. The third kappa shape index (κ3) is 9.88. The minimum absolute atomic E-state index is 0. The van der Waals surface area contributed by atoms with Crippen LogP contribution in [0.2, 0.25) is 0 Å². The highest BCUT2D eigenvalue weighted by Crippen LogP contribution is 2.09. The Kier molecular flexibility index (Phi) is 12.0. The number of guanidine groups is 1. The molecular formula is C15H24F2IN3O. The number of nitrogens with zero attached hydrogens (tertiary/aromatic N) is 1. The second kappa shape index (κ2) is 12.6. The van der Waals surface area contributed by atoms with Gasteiger partial charge in [0.05, 0.1) is 0 Å². The van der Waals surface area contributed by atoms with Crippen LogP contribution in [0, 0.1) is 11.6 Å². The number of hydrogen-bond acceptors (Lipinski definition) is 2. The number of benzene rings is 1. The zero-order chi connectivity index (χ0) is 15.5. The van der Waals surface area contributed by atoms with E-state index in [-0.39, 0.29) is 24.0 Å². The fourth-order valence-corrected chi connectivity index (χ4v) is 1.83. The molecule has 0 heterocycles. The number of hydrogen-bond donors (Lipinski definition) is 2. The first-order valence-corrected chi connectivity index (χ1v) is 7.18. The average Bonchev–Trinajstić information content (AvgIpc) is 2.42. The van der Waals surface area contributed by atoms with Gasteiger partial charge in [-0.15, -0.1) is 24.0 Å². The number of halogens is 3. The van der Waals surface area contributed by atoms with Gasteiger partial charge < -0.3 is 15.8 Å². The molecule has 4 nitrogen and oxygen atoms in total. The number of aryl methyl sites for hydroxylation is 1. The van der Waals surface area contributed by atoms with Crippen molar-refractivity contribution in [2.24, 2.45) is 10.7 Å². The standard InChI is InChI=1S/C15H23F2N3O.HI/c1-2-21-8-4-7-20-15(18)19-6-3-5-12-9-13(16)11-14(17)10-12;/h9-11H,2-8H2,1H3,(H3,18,19,20);1H. The Bertz CT molecular complexity index is 438. The van der Waals surface area contributed by atoms with Gasteiger partial charge in [0.25, 0.3) is 0 Å². The van der Waals surface area contributed by atoms with Gasteiger partial charge in [-0.3, -0.25) is 4.99 Å². The zero-order valence-corrected chi connectivity index (χ0v) is 15.1. The maximum Gasteiger partial charge on any atom is 0.188 e. The van der Waals surface area contributed by atoms with Crippen molar-refractivity contribution in [1.29, 1.82) is 0 Å². The van der Waals surface area contributed by atoms with Gasteiger partial charge in [0.2, 0.25) is 0 Å². The van der Waals surface area contributed by atoms with Crippen molar-refractivity contribution in [2.45, 2.75) is 26.2 Å². The number of rotatable bonds is 9. The van der Waals surface area contributed by atoms with Crippen LogP contribution in [0.3, 0.4) is 0 Å². The van der Waals surface area contributed by atoms with Gasteiger partial charge in [-0.1, -0.05) is 0 Å². The highest BCUT2D eigenvalue weighted by Gasteiger charge is 2.00. The Morgan fingerprint density at radius 2 is 1.91 bits per heavy atom. The van der Waals surface area contributed by atoms with Gasteiger partial charge in [-0.25, -0.2) is 8.78 Å². The summed E-state index contributed by atoms with van der Waals surface area (Å²) in [6.07, 6.45) is 2.12. The monoisotopic (exact) mass is 427 g/mol. The van der Waals surface area contributed by atoms with E-state index in [1.54, 1.807) is 0 Å². The minimum Gasteiger partial charge on any atom is -0.382 e. The lowest BCUT2D eigenvalue weighted by molar-refractivity contribution is 0.145. The van der Waals surface area contributed by atoms with Crippen LogP contribution in [0.15, 0.2) is 23.2 Å². The van der Waals surface area contributed by atoms with Crippen molar-refractivity contribution in [3.8, 4) is 0 Å². The molecule has 126 valence electrons. The van der Waals surface area contributed by atoms with Crippen LogP contribution < -0.4 is 11.1 Å². The smallest absolute Gasteiger partial charge is 0.188 e. The van der Waals surface area contributed by atoms with E-state index in [0.717, 1.165) is 12.5 Å². The normalized spacial score (nSPS) is 11.1. The Morgan fingerprint density at radius 3 is 2.55 bits per heavy atom. The van der Waals surface area contributed by atoms with E-state index in [4.69, 9.17) is 10.5 Å². The molecule has 0 bridgehead atoms. The molecular weight excluding hydrogens is 403 g/mol. The van der Waals surface area contributed by atoms with Crippen LogP contribution in [0.4, 0.5) is 8.78 Å². The first kappa shape index (κ1) is 21.0. The third-order valence-corrected chi connectivity index (χ3v) is 2.80. The van der Waals surface area contributed by atoms with Crippen molar-refractivity contribution in [1.82, 2.24) is 5.32 Å². The van der Waals surface area contributed by atoms with Crippen molar-refractivity contribution in [3.63, 3.8) is 0 Å². The lowest BCUT2D eigenvalue weighted by atomic mass is 10.1. The topological polar surface area (TPSA) is 59.6 Å². The Hall–Kier alpha value is -0.960. The van der Waals surface area contributed by atoms with Crippen LogP contribution in [-0.4, -0.2) is 32.3 Å². The molecule has 0 saturated carbocycles. The largest absolute Gasteiger partial charge is 0.382 e. The Morgan fingerprint density at radius 1 is 1.23 bits per heavy atom. The van der Waals surface area contributed by atoms with E-state index in [9.17, 15) is 8.78 Å². The van der Waals surface area contributed by atoms with Crippen LogP contribution in [0.25, 0.3) is 0 Å². The number of ether oxygens (including phenoxy) is 1. The van der Waals surface area contributed by atoms with E-state index < -0.39 is 11.6 Å². The van der Waals surface area contributed by atoms with Crippen molar-refractivity contribution in [3.05, 3.63) is 35.4 Å². The van der Waals surface area contributed by atoms with Crippen LogP contribution in [0.1, 0.15) is 25.3 Å². The average molecular weight is 427 g/mol. The van der Waals surface area contributed by atoms with Gasteiger partial charge in [0.1, 0.15) is 11.6 Å². The van der Waals surface area contributed by atoms with E-state index in [1.165, 1.54) is 12.1 Å². The summed E-state index contributed by atoms with van der Waals surface area (Å²) < 4.78 is 31.2. The molecule has 7 heteroatoms. The molecule has 0 spiro atoms. The van der Waals surface area contributed by atoms with Gasteiger partial charge in [-0.2, -0.15) is 0 Å². The second-order valence-corrected chi connectivity index (χ2v) is 4.63. The zero-order valence-electron chi connectivity index (χ0n) is 12.8. The molecule has 0 aromatic heterocycles. The molecule has 0 aliphatic carbocycles. The summed E-state index contributed by atoms with van der Waals surface area (Å²) in [5.74, 6) is -0.718. The van der Waals surface area contributed by atoms with Crippen molar-refractivity contribution in [2.75, 3.05) is 26.3 Å². The SMILES string of the molecule is CCOCCCNC(N)=NCCCc1cc(F)cc(F)c1.I. The van der Waals surface area contributed by atoms with E-state index in [1.807, 2.05) is 6.92 Å². The third-order valence-electron chi connectivity index (χ3n) is 2.80. The van der Waals surface area contributed by atoms with Gasteiger partial charge in [-0.05, 0) is 43.9 Å². The molecule has 0 amide bonds. The summed E-state index contributed by atoms with van der Waals surface area (Å²) >= 11 is 0. The molecule has 3 N–H and O–H groups in total. The van der Waals surface area contributed by atoms with Crippen LogP contribution in [-0.2, 0) is 11.2 Å². The lowest BCUT2D eigenvalue weighted by Gasteiger charge is -2.06. The summed E-state index contributed by atoms with van der Waals surface area (Å²) in [4.78, 5) is 4.16. The first-order chi connectivity index (χ1) is 10.1. The highest BCUT2D eigenvalue weighted by atomic mass is 127. The number of nitrogens with two attached hydrogens (primary N) is 1. The number of aliphatic imine (C=N–C) groups is 1. The summed E-state index contributed by atoms with van der Waals surface area (Å²) in [5.41, 5.74) is 6.32. The number of nitrogens with one attached hydrogen (secondary N) is 1. The molecule has 1 aromatic carbocycles. The molecule has 0 aliphatic rings. The summed E-state index contributed by atoms with van der Waals surface area (Å²) in [5, 5.41) is 2.99. The van der Waals surface area contributed by atoms with Crippen LogP contribution in [0.5, 0.6) is 0 Å². The van der Waals surface area contributed by atoms with E-state index in [0.29, 0.717) is 50.7 Å². The van der Waals surface area contributed by atoms with Gasteiger partial charge in [0, 0.05) is 32.4 Å². The first-order valence-electron chi connectivity index (χ1n) is 7.18. The summed E-state index contributed by atoms with van der Waals surface area (Å²) in [6, 6.07) is 3.54. The molecule has 0 aliphatic heterocycles. The molecule has 0 atom stereocenters. The predicted octanol–water partition coefficient (Wildman–Crippen LogP) is 2.85. The van der Waals surface area contributed by atoms with E-state index >= 15 is 0 Å². The highest BCUT2D eigenvalue weighted by molar-refractivity contribution is 14.0. The van der Waals surface area contributed by atoms with Gasteiger partial charge >= 0.3 is 0 Å². The molecule has 1 rings (SSSR count). The second-order valence-electron chi connectivity index (χ2n) is 4.63. The molecule has 0 fully saturated rings. The molecule has 0 unspecified atom stereocenters. The predicted molar refractivity (Wildman–Crippen MR) is 95.7 cm³/mol. The van der Waals surface area contributed by atoms with Crippen molar-refractivity contribution < 1.29 is 13.5 Å². The summed E-state index contributed by atoms with van der Waals surface area (Å²) in [7, 11) is 0. The maximum absolute atomic E-state index is 13.0. The van der Waals surface area contributed by atoms with Crippen molar-refractivity contribution >= 4 is 29.9 Å². The van der Waals surface area contributed by atoms with E-state index in [2.05, 4.69) is 10.3 Å². The van der Waals surface area contributed by atoms with Gasteiger partial charge in [0.15, 0.2) is 5.96 Å². The fourth-order valence-electron chi connectivity index (χ4n) is 1.83. The van der Waals surface area contributed by atoms with Crippen LogP contribution >= 0.6 is 24.0 Å². The Labute approximate surface area is 147 Å². The quantitative estimate of drug-likeness (QED) is 0.276. The summed E-state index contributed by atoms with van der Waals surface area (Å²) in [6.45, 7) is 4.59. The Balaban J connectivity index is 0.00000441. The molecule has 22 heavy (non-hydrogen) atoms. The fraction of sp³-hybridized carbons (Fsp3) is 0.533. The lowest BCUT2D eigenvalue weighted by Crippen LogP contribution is -2.33. The molecule has 0 radical (unpaired) electrons. The maximum atomic E-state index is 13.0.